The molecule has 0 spiro atoms. The van der Waals surface area contributed by atoms with Crippen molar-refractivity contribution in [2.45, 2.75) is 12.8 Å². The largest absolute Gasteiger partial charge is 0.311 e. The highest BCUT2D eigenvalue weighted by molar-refractivity contribution is 6.32. The summed E-state index contributed by atoms with van der Waals surface area (Å²) in [6, 6.07) is 7.75. The smallest absolute Gasteiger partial charge is 0.227 e. The van der Waals surface area contributed by atoms with E-state index in [9.17, 15) is 4.79 Å². The van der Waals surface area contributed by atoms with Gasteiger partial charge in [-0.15, -0.1) is 0 Å². The molecule has 74 valence electrons. The van der Waals surface area contributed by atoms with Crippen LogP contribution in [0.1, 0.15) is 18.4 Å². The van der Waals surface area contributed by atoms with Gasteiger partial charge in [-0.1, -0.05) is 11.5 Å². The molecular formula is C11H11BN2O. The molecule has 1 aliphatic rings. The molecule has 0 radical (unpaired) electrons. The fraction of sp³-hybridized carbons (Fsp3) is 0.273. The summed E-state index contributed by atoms with van der Waals surface area (Å²) >= 11 is 0. The molecular weight excluding hydrogens is 187 g/mol. The monoisotopic (exact) mass is 198 g/mol. The Morgan fingerprint density at radius 2 is 2.27 bits per heavy atom. The van der Waals surface area contributed by atoms with Crippen LogP contribution in [0, 0.1) is 11.3 Å². The Labute approximate surface area is 89.7 Å². The number of amides is 1. The first-order valence-corrected chi connectivity index (χ1v) is 5.03. The van der Waals surface area contributed by atoms with E-state index >= 15 is 0 Å². The van der Waals surface area contributed by atoms with E-state index in [-0.39, 0.29) is 5.91 Å². The van der Waals surface area contributed by atoms with Crippen LogP contribution in [-0.4, -0.2) is 20.3 Å². The van der Waals surface area contributed by atoms with Crippen molar-refractivity contribution in [3.63, 3.8) is 0 Å². The highest BCUT2D eigenvalue weighted by atomic mass is 16.2. The van der Waals surface area contributed by atoms with Crippen molar-refractivity contribution in [1.82, 2.24) is 0 Å². The van der Waals surface area contributed by atoms with Crippen LogP contribution < -0.4 is 10.4 Å². The summed E-state index contributed by atoms with van der Waals surface area (Å²) in [6.45, 7) is 0.733. The molecule has 1 heterocycles. The van der Waals surface area contributed by atoms with Crippen molar-refractivity contribution in [1.29, 1.82) is 5.26 Å². The average Bonchev–Trinajstić information content (AvgIpc) is 2.64. The van der Waals surface area contributed by atoms with Gasteiger partial charge in [0.25, 0.3) is 0 Å². The number of benzene rings is 1. The zero-order valence-electron chi connectivity index (χ0n) is 8.66. The molecule has 0 aliphatic carbocycles. The van der Waals surface area contributed by atoms with E-state index in [0.29, 0.717) is 12.0 Å². The first-order chi connectivity index (χ1) is 7.22. The van der Waals surface area contributed by atoms with Gasteiger partial charge in [0.2, 0.25) is 5.91 Å². The minimum atomic E-state index is 0.121. The lowest BCUT2D eigenvalue weighted by Crippen LogP contribution is -2.25. The summed E-state index contributed by atoms with van der Waals surface area (Å²) in [5.74, 6) is 0.121. The third kappa shape index (κ3) is 1.73. The molecule has 0 aromatic heterocycles. The van der Waals surface area contributed by atoms with Gasteiger partial charge in [-0.3, -0.25) is 4.79 Å². The Hall–Kier alpha value is -1.76. The van der Waals surface area contributed by atoms with Gasteiger partial charge in [-0.2, -0.15) is 5.26 Å². The molecule has 0 N–H and O–H groups in total. The SMILES string of the molecule is Bc1ccc(N2CCCC2=O)c(C#N)c1. The number of carbonyl (C=O) groups is 1. The predicted octanol–water partition coefficient (Wildman–Crippen LogP) is -0.0565. The molecule has 3 nitrogen and oxygen atoms in total. The van der Waals surface area contributed by atoms with E-state index in [1.54, 1.807) is 4.90 Å². The van der Waals surface area contributed by atoms with Crippen molar-refractivity contribution in [3.8, 4) is 6.07 Å². The summed E-state index contributed by atoms with van der Waals surface area (Å²) in [4.78, 5) is 13.3. The van der Waals surface area contributed by atoms with Crippen LogP contribution in [0.2, 0.25) is 0 Å². The van der Waals surface area contributed by atoms with Gasteiger partial charge in [-0.25, -0.2) is 0 Å². The number of nitrogens with zero attached hydrogens (tertiary/aromatic N) is 2. The van der Waals surface area contributed by atoms with Crippen molar-refractivity contribution in [2.75, 3.05) is 11.4 Å². The number of nitriles is 1. The highest BCUT2D eigenvalue weighted by Gasteiger charge is 2.23. The summed E-state index contributed by atoms with van der Waals surface area (Å²) in [5.41, 5.74) is 2.39. The van der Waals surface area contributed by atoms with Crippen LogP contribution in [-0.2, 0) is 4.79 Å². The van der Waals surface area contributed by atoms with E-state index < -0.39 is 0 Å². The third-order valence-electron chi connectivity index (χ3n) is 2.64. The summed E-state index contributed by atoms with van der Waals surface area (Å²) in [6.07, 6.45) is 1.48. The summed E-state index contributed by atoms with van der Waals surface area (Å²) < 4.78 is 0. The molecule has 1 aromatic rings. The first-order valence-electron chi connectivity index (χ1n) is 5.03. The van der Waals surface area contributed by atoms with Gasteiger partial charge in [0.05, 0.1) is 11.3 Å². The fourth-order valence-corrected chi connectivity index (χ4v) is 1.88. The summed E-state index contributed by atoms with van der Waals surface area (Å²) in [5, 5.41) is 9.00. The molecule has 2 rings (SSSR count). The van der Waals surface area contributed by atoms with Crippen LogP contribution in [0.25, 0.3) is 0 Å². The Morgan fingerprint density at radius 1 is 1.47 bits per heavy atom. The van der Waals surface area contributed by atoms with Crippen LogP contribution in [0.5, 0.6) is 0 Å². The van der Waals surface area contributed by atoms with Crippen molar-refractivity contribution in [3.05, 3.63) is 23.8 Å². The third-order valence-corrected chi connectivity index (χ3v) is 2.64. The van der Waals surface area contributed by atoms with Crippen molar-refractivity contribution < 1.29 is 4.79 Å². The molecule has 0 saturated carbocycles. The van der Waals surface area contributed by atoms with Gasteiger partial charge >= 0.3 is 0 Å². The average molecular weight is 198 g/mol. The maximum absolute atomic E-state index is 11.5. The molecule has 1 aliphatic heterocycles. The maximum Gasteiger partial charge on any atom is 0.227 e. The first kappa shape index (κ1) is 9.79. The Morgan fingerprint density at radius 3 is 2.87 bits per heavy atom. The minimum Gasteiger partial charge on any atom is -0.311 e. The van der Waals surface area contributed by atoms with E-state index in [4.69, 9.17) is 5.26 Å². The lowest BCUT2D eigenvalue weighted by Gasteiger charge is -2.17. The van der Waals surface area contributed by atoms with E-state index in [0.717, 1.165) is 24.1 Å². The molecule has 1 saturated heterocycles. The van der Waals surface area contributed by atoms with Gasteiger partial charge in [0.15, 0.2) is 0 Å². The quantitative estimate of drug-likeness (QED) is 0.593. The molecule has 1 aromatic carbocycles. The zero-order valence-corrected chi connectivity index (χ0v) is 8.66. The van der Waals surface area contributed by atoms with Gasteiger partial charge in [0.1, 0.15) is 13.9 Å². The molecule has 1 amide bonds. The number of hydrogen-bond donors (Lipinski definition) is 0. The second-order valence-corrected chi connectivity index (χ2v) is 3.78. The Balaban J connectivity index is 2.44. The minimum absolute atomic E-state index is 0.121. The van der Waals surface area contributed by atoms with Gasteiger partial charge in [0, 0.05) is 13.0 Å². The topological polar surface area (TPSA) is 44.1 Å². The molecule has 15 heavy (non-hydrogen) atoms. The summed E-state index contributed by atoms with van der Waals surface area (Å²) in [7, 11) is 1.94. The van der Waals surface area contributed by atoms with Crippen LogP contribution in [0.4, 0.5) is 5.69 Å². The number of carbonyl (C=O) groups excluding carboxylic acids is 1. The van der Waals surface area contributed by atoms with Crippen molar-refractivity contribution >= 4 is 24.9 Å². The molecule has 0 bridgehead atoms. The van der Waals surface area contributed by atoms with E-state index in [1.165, 1.54) is 0 Å². The number of rotatable bonds is 1. The molecule has 4 heteroatoms. The van der Waals surface area contributed by atoms with Gasteiger partial charge in [-0.05, 0) is 18.6 Å². The second kappa shape index (κ2) is 3.78. The lowest BCUT2D eigenvalue weighted by atomic mass is 9.93. The molecule has 0 unspecified atom stereocenters. The predicted molar refractivity (Wildman–Crippen MR) is 60.9 cm³/mol. The highest BCUT2D eigenvalue weighted by Crippen LogP contribution is 2.23. The molecule has 1 fully saturated rings. The lowest BCUT2D eigenvalue weighted by molar-refractivity contribution is -0.117. The maximum atomic E-state index is 11.5. The molecule has 0 atom stereocenters. The normalized spacial score (nSPS) is 15.4. The van der Waals surface area contributed by atoms with Crippen LogP contribution in [0.3, 0.4) is 0 Å². The van der Waals surface area contributed by atoms with Crippen molar-refractivity contribution in [2.24, 2.45) is 0 Å². The second-order valence-electron chi connectivity index (χ2n) is 3.78. The van der Waals surface area contributed by atoms with Crippen LogP contribution >= 0.6 is 0 Å². The van der Waals surface area contributed by atoms with E-state index in [1.807, 2.05) is 26.0 Å². The Kier molecular flexibility index (Phi) is 2.46. The number of hydrogen-bond acceptors (Lipinski definition) is 2. The zero-order chi connectivity index (χ0) is 10.8. The Bertz CT molecular complexity index is 450. The number of anilines is 1. The fourth-order valence-electron chi connectivity index (χ4n) is 1.88. The van der Waals surface area contributed by atoms with Crippen LogP contribution in [0.15, 0.2) is 18.2 Å². The van der Waals surface area contributed by atoms with Gasteiger partial charge < -0.3 is 4.90 Å². The van der Waals surface area contributed by atoms with E-state index in [2.05, 4.69) is 6.07 Å². The standard InChI is InChI=1S/C11H11BN2O/c12-9-3-4-10(8(6-9)7-13)14-5-1-2-11(14)15/h3-4,6H,1-2,5,12H2.